The number of alkyl halides is 1. The van der Waals surface area contributed by atoms with Gasteiger partial charge in [-0.2, -0.15) is 0 Å². The standard InChI is InChI=1S/C14H14ClNO2/c1-9-3-4-11(7-10(9)2)16-14(17)13-6-5-12(8-15)18-13/h3-7H,8H2,1-2H3,(H,16,17). The van der Waals surface area contributed by atoms with Gasteiger partial charge in [0.05, 0.1) is 5.88 Å². The summed E-state index contributed by atoms with van der Waals surface area (Å²) < 4.78 is 5.28. The molecule has 0 unspecified atom stereocenters. The highest BCUT2D eigenvalue weighted by molar-refractivity contribution is 6.16. The number of amides is 1. The fourth-order valence-electron chi connectivity index (χ4n) is 1.58. The molecule has 0 aliphatic heterocycles. The lowest BCUT2D eigenvalue weighted by atomic mass is 10.1. The molecule has 0 bridgehead atoms. The zero-order chi connectivity index (χ0) is 13.1. The van der Waals surface area contributed by atoms with Crippen molar-refractivity contribution in [2.24, 2.45) is 0 Å². The van der Waals surface area contributed by atoms with Crippen LogP contribution in [0, 0.1) is 13.8 Å². The van der Waals surface area contributed by atoms with Crippen molar-refractivity contribution in [1.29, 1.82) is 0 Å². The molecule has 1 aromatic carbocycles. The molecule has 18 heavy (non-hydrogen) atoms. The Kier molecular flexibility index (Phi) is 3.72. The molecule has 4 heteroatoms. The van der Waals surface area contributed by atoms with Gasteiger partial charge >= 0.3 is 0 Å². The van der Waals surface area contributed by atoms with Crippen LogP contribution in [0.3, 0.4) is 0 Å². The van der Waals surface area contributed by atoms with Gasteiger partial charge < -0.3 is 9.73 Å². The Morgan fingerprint density at radius 2 is 2.00 bits per heavy atom. The number of rotatable bonds is 3. The highest BCUT2D eigenvalue weighted by Gasteiger charge is 2.11. The van der Waals surface area contributed by atoms with Gasteiger partial charge in [0.25, 0.3) is 5.91 Å². The molecule has 0 aliphatic rings. The molecule has 1 N–H and O–H groups in total. The van der Waals surface area contributed by atoms with Gasteiger partial charge in [-0.25, -0.2) is 0 Å². The van der Waals surface area contributed by atoms with Crippen molar-refractivity contribution in [2.75, 3.05) is 5.32 Å². The molecular weight excluding hydrogens is 250 g/mol. The molecular formula is C14H14ClNO2. The highest BCUT2D eigenvalue weighted by atomic mass is 35.5. The summed E-state index contributed by atoms with van der Waals surface area (Å²) in [7, 11) is 0. The average molecular weight is 264 g/mol. The minimum absolute atomic E-state index is 0.261. The number of anilines is 1. The summed E-state index contributed by atoms with van der Waals surface area (Å²) in [5.41, 5.74) is 3.08. The third-order valence-corrected chi connectivity index (χ3v) is 3.05. The molecule has 1 amide bonds. The molecule has 0 saturated heterocycles. The summed E-state index contributed by atoms with van der Waals surface area (Å²) in [5, 5.41) is 2.79. The monoisotopic (exact) mass is 263 g/mol. The van der Waals surface area contributed by atoms with Crippen LogP contribution in [0.15, 0.2) is 34.7 Å². The topological polar surface area (TPSA) is 42.2 Å². The van der Waals surface area contributed by atoms with E-state index in [1.54, 1.807) is 12.1 Å². The predicted molar refractivity (Wildman–Crippen MR) is 72.1 cm³/mol. The molecule has 0 saturated carbocycles. The SMILES string of the molecule is Cc1ccc(NC(=O)c2ccc(CCl)o2)cc1C. The number of nitrogens with one attached hydrogen (secondary N) is 1. The van der Waals surface area contributed by atoms with Crippen LogP contribution in [0.5, 0.6) is 0 Å². The van der Waals surface area contributed by atoms with Crippen LogP contribution in [-0.4, -0.2) is 5.91 Å². The molecule has 2 aromatic rings. The van der Waals surface area contributed by atoms with E-state index >= 15 is 0 Å². The van der Waals surface area contributed by atoms with Crippen molar-refractivity contribution in [1.82, 2.24) is 0 Å². The predicted octanol–water partition coefficient (Wildman–Crippen LogP) is 3.89. The number of carbonyl (C=O) groups excluding carboxylic acids is 1. The Balaban J connectivity index is 2.13. The summed E-state index contributed by atoms with van der Waals surface area (Å²) in [5.74, 6) is 0.845. The maximum absolute atomic E-state index is 11.9. The first-order valence-electron chi connectivity index (χ1n) is 5.63. The van der Waals surface area contributed by atoms with Gasteiger partial charge in [-0.15, -0.1) is 11.6 Å². The molecule has 2 rings (SSSR count). The van der Waals surface area contributed by atoms with Gasteiger partial charge in [0, 0.05) is 5.69 Å². The Hall–Kier alpha value is -1.74. The van der Waals surface area contributed by atoms with Crippen LogP contribution >= 0.6 is 11.6 Å². The minimum atomic E-state index is -0.269. The lowest BCUT2D eigenvalue weighted by Gasteiger charge is -2.06. The number of benzene rings is 1. The van der Waals surface area contributed by atoms with Crippen molar-refractivity contribution in [3.63, 3.8) is 0 Å². The summed E-state index contributed by atoms with van der Waals surface area (Å²) in [6.45, 7) is 4.03. The Morgan fingerprint density at radius 1 is 1.22 bits per heavy atom. The number of halogens is 1. The number of hydrogen-bond acceptors (Lipinski definition) is 2. The van der Waals surface area contributed by atoms with Crippen molar-refractivity contribution in [3.8, 4) is 0 Å². The van der Waals surface area contributed by atoms with Crippen LogP contribution in [0.25, 0.3) is 0 Å². The van der Waals surface area contributed by atoms with E-state index in [1.807, 2.05) is 32.0 Å². The fraction of sp³-hybridized carbons (Fsp3) is 0.214. The van der Waals surface area contributed by atoms with E-state index in [4.69, 9.17) is 16.0 Å². The van der Waals surface area contributed by atoms with Crippen molar-refractivity contribution in [2.45, 2.75) is 19.7 Å². The van der Waals surface area contributed by atoms with E-state index in [0.717, 1.165) is 11.3 Å². The number of carbonyl (C=O) groups is 1. The Labute approximate surface area is 111 Å². The Bertz CT molecular complexity index is 575. The average Bonchev–Trinajstić information content (AvgIpc) is 2.82. The van der Waals surface area contributed by atoms with Crippen LogP contribution < -0.4 is 5.32 Å². The minimum Gasteiger partial charge on any atom is -0.455 e. The van der Waals surface area contributed by atoms with Gasteiger partial charge in [-0.3, -0.25) is 4.79 Å². The molecule has 94 valence electrons. The summed E-state index contributed by atoms with van der Waals surface area (Å²) >= 11 is 5.62. The maximum Gasteiger partial charge on any atom is 0.291 e. The highest BCUT2D eigenvalue weighted by Crippen LogP contribution is 2.16. The van der Waals surface area contributed by atoms with Crippen LogP contribution in [0.1, 0.15) is 27.4 Å². The summed E-state index contributed by atoms with van der Waals surface area (Å²) in [6.07, 6.45) is 0. The quantitative estimate of drug-likeness (QED) is 0.854. The first kappa shape index (κ1) is 12.7. The van der Waals surface area contributed by atoms with Gasteiger partial charge in [0.15, 0.2) is 5.76 Å². The Morgan fingerprint density at radius 3 is 2.61 bits per heavy atom. The van der Waals surface area contributed by atoms with E-state index in [1.165, 1.54) is 5.56 Å². The second kappa shape index (κ2) is 5.27. The van der Waals surface area contributed by atoms with Gasteiger partial charge in [0.1, 0.15) is 5.76 Å². The lowest BCUT2D eigenvalue weighted by Crippen LogP contribution is -2.11. The fourth-order valence-corrected chi connectivity index (χ4v) is 1.73. The molecule has 0 spiro atoms. The number of hydrogen-bond donors (Lipinski definition) is 1. The number of furan rings is 1. The van der Waals surface area contributed by atoms with Crippen LogP contribution in [0.2, 0.25) is 0 Å². The molecule has 3 nitrogen and oxygen atoms in total. The third-order valence-electron chi connectivity index (χ3n) is 2.78. The molecule has 0 radical (unpaired) electrons. The van der Waals surface area contributed by atoms with E-state index in [0.29, 0.717) is 5.76 Å². The molecule has 0 fully saturated rings. The molecule has 1 aromatic heterocycles. The second-order valence-corrected chi connectivity index (χ2v) is 4.42. The third kappa shape index (κ3) is 2.74. The number of aryl methyl sites for hydroxylation is 2. The van der Waals surface area contributed by atoms with E-state index in [9.17, 15) is 4.79 Å². The van der Waals surface area contributed by atoms with Gasteiger partial charge in [-0.1, -0.05) is 6.07 Å². The first-order valence-corrected chi connectivity index (χ1v) is 6.17. The summed E-state index contributed by atoms with van der Waals surface area (Å²) in [4.78, 5) is 11.9. The molecule has 0 aliphatic carbocycles. The van der Waals surface area contributed by atoms with Crippen LogP contribution in [-0.2, 0) is 5.88 Å². The lowest BCUT2D eigenvalue weighted by molar-refractivity contribution is 0.0995. The largest absolute Gasteiger partial charge is 0.455 e. The molecule has 1 heterocycles. The maximum atomic E-state index is 11.9. The van der Waals surface area contributed by atoms with E-state index in [-0.39, 0.29) is 17.5 Å². The normalized spacial score (nSPS) is 10.4. The first-order chi connectivity index (χ1) is 8.60. The van der Waals surface area contributed by atoms with Crippen molar-refractivity contribution >= 4 is 23.2 Å². The smallest absolute Gasteiger partial charge is 0.291 e. The van der Waals surface area contributed by atoms with E-state index < -0.39 is 0 Å². The van der Waals surface area contributed by atoms with Crippen LogP contribution in [0.4, 0.5) is 5.69 Å². The zero-order valence-corrected chi connectivity index (χ0v) is 11.0. The van der Waals surface area contributed by atoms with Crippen molar-refractivity contribution < 1.29 is 9.21 Å². The van der Waals surface area contributed by atoms with E-state index in [2.05, 4.69) is 5.32 Å². The zero-order valence-electron chi connectivity index (χ0n) is 10.3. The van der Waals surface area contributed by atoms with Gasteiger partial charge in [0.2, 0.25) is 0 Å². The second-order valence-electron chi connectivity index (χ2n) is 4.15. The summed E-state index contributed by atoms with van der Waals surface area (Å²) in [6, 6.07) is 9.08. The molecule has 0 atom stereocenters. The van der Waals surface area contributed by atoms with Gasteiger partial charge in [-0.05, 0) is 49.2 Å². The van der Waals surface area contributed by atoms with Crippen molar-refractivity contribution in [3.05, 3.63) is 53.0 Å².